The van der Waals surface area contributed by atoms with E-state index < -0.39 is 24.1 Å². The molecule has 2 aromatic carbocycles. The van der Waals surface area contributed by atoms with Gasteiger partial charge in [0.2, 0.25) is 0 Å². The number of hydrogen-bond acceptors (Lipinski definition) is 6. The van der Waals surface area contributed by atoms with Crippen LogP contribution in [0.5, 0.6) is 11.5 Å². The smallest absolute Gasteiger partial charge is 0.333 e. The fourth-order valence-electron chi connectivity index (χ4n) is 4.29. The van der Waals surface area contributed by atoms with Gasteiger partial charge in [0.05, 0.1) is 0 Å². The van der Waals surface area contributed by atoms with Gasteiger partial charge in [0, 0.05) is 33.0 Å². The number of fused-ring (bicyclic) bond motifs is 2. The molecule has 0 aliphatic heterocycles. The van der Waals surface area contributed by atoms with Gasteiger partial charge in [0.15, 0.2) is 0 Å². The molecular formula is C30H38O6. The van der Waals surface area contributed by atoms with Crippen LogP contribution >= 0.6 is 0 Å². The molecule has 0 bridgehead atoms. The van der Waals surface area contributed by atoms with Crippen LogP contribution in [-0.2, 0) is 38.3 Å². The van der Waals surface area contributed by atoms with Crippen LogP contribution in [0.25, 0.3) is 10.8 Å². The Morgan fingerprint density at radius 2 is 1.31 bits per heavy atom. The molecule has 0 heterocycles. The highest BCUT2D eigenvalue weighted by Crippen LogP contribution is 2.44. The molecule has 0 saturated heterocycles. The van der Waals surface area contributed by atoms with E-state index in [1.54, 1.807) is 13.8 Å². The summed E-state index contributed by atoms with van der Waals surface area (Å²) in [6.07, 6.45) is 3.95. The van der Waals surface area contributed by atoms with Gasteiger partial charge in [0.1, 0.15) is 36.9 Å². The minimum atomic E-state index is -0.421. The number of esters is 2. The molecule has 1 aliphatic rings. The molecule has 3 rings (SSSR count). The van der Waals surface area contributed by atoms with Gasteiger partial charge in [-0.15, -0.1) is 0 Å². The van der Waals surface area contributed by atoms with Gasteiger partial charge < -0.3 is 18.9 Å². The maximum atomic E-state index is 11.9. The standard InChI is InChI=1S/C30H38O6/c1-8-22-13-14-25-26(15-22)28(34-17-21(7)36-30(32)19(4)5)24-12-10-9-11-23(24)27(25)33-16-20(6)35-29(31)18(2)3/h13-15,20-21H,2,4,8-12,16-17H2,1,3,5-7H3. The number of benzene rings is 2. The highest BCUT2D eigenvalue weighted by atomic mass is 16.6. The van der Waals surface area contributed by atoms with E-state index in [9.17, 15) is 9.59 Å². The van der Waals surface area contributed by atoms with E-state index in [1.165, 1.54) is 5.56 Å². The summed E-state index contributed by atoms with van der Waals surface area (Å²) in [5.74, 6) is 0.823. The minimum absolute atomic E-state index is 0.240. The van der Waals surface area contributed by atoms with Gasteiger partial charge in [-0.1, -0.05) is 32.2 Å². The number of aryl methyl sites for hydroxylation is 1. The van der Waals surface area contributed by atoms with E-state index >= 15 is 0 Å². The third kappa shape index (κ3) is 6.48. The molecule has 6 nitrogen and oxygen atoms in total. The quantitative estimate of drug-likeness (QED) is 0.280. The lowest BCUT2D eigenvalue weighted by Crippen LogP contribution is -2.24. The Balaban J connectivity index is 1.97. The lowest BCUT2D eigenvalue weighted by Gasteiger charge is -2.27. The molecule has 0 saturated carbocycles. The molecule has 0 fully saturated rings. The summed E-state index contributed by atoms with van der Waals surface area (Å²) in [5.41, 5.74) is 4.20. The SMILES string of the molecule is C=C(C)C(=O)OC(C)COc1c2c(c(OCC(C)OC(=O)C(=C)C)c3cc(CC)ccc13)CCCC2. The van der Waals surface area contributed by atoms with E-state index in [0.29, 0.717) is 11.1 Å². The first-order valence-electron chi connectivity index (χ1n) is 12.7. The summed E-state index contributed by atoms with van der Waals surface area (Å²) in [7, 11) is 0. The summed E-state index contributed by atoms with van der Waals surface area (Å²) >= 11 is 0. The maximum absolute atomic E-state index is 11.9. The van der Waals surface area contributed by atoms with Crippen molar-refractivity contribution in [3.8, 4) is 11.5 Å². The van der Waals surface area contributed by atoms with Crippen LogP contribution in [-0.4, -0.2) is 37.4 Å². The monoisotopic (exact) mass is 494 g/mol. The first kappa shape index (κ1) is 27.3. The third-order valence-electron chi connectivity index (χ3n) is 6.24. The van der Waals surface area contributed by atoms with Crippen LogP contribution in [0.2, 0.25) is 0 Å². The summed E-state index contributed by atoms with van der Waals surface area (Å²) in [6, 6.07) is 6.35. The Morgan fingerprint density at radius 3 is 1.75 bits per heavy atom. The fourth-order valence-corrected chi connectivity index (χ4v) is 4.29. The van der Waals surface area contributed by atoms with Gasteiger partial charge in [-0.3, -0.25) is 0 Å². The summed E-state index contributed by atoms with van der Waals surface area (Å²) < 4.78 is 23.6. The lowest BCUT2D eigenvalue weighted by atomic mass is 9.86. The third-order valence-corrected chi connectivity index (χ3v) is 6.24. The molecule has 0 aromatic heterocycles. The molecule has 194 valence electrons. The zero-order chi connectivity index (χ0) is 26.4. The summed E-state index contributed by atoms with van der Waals surface area (Å²) in [5, 5.41) is 1.95. The first-order valence-corrected chi connectivity index (χ1v) is 12.7. The maximum Gasteiger partial charge on any atom is 0.333 e. The second-order valence-electron chi connectivity index (χ2n) is 9.67. The molecule has 0 radical (unpaired) electrons. The molecule has 6 heteroatoms. The summed E-state index contributed by atoms with van der Waals surface area (Å²) in [6.45, 7) is 16.8. The Kier molecular flexibility index (Phi) is 9.19. The van der Waals surface area contributed by atoms with Crippen LogP contribution in [0.3, 0.4) is 0 Å². The van der Waals surface area contributed by atoms with E-state index in [4.69, 9.17) is 18.9 Å². The van der Waals surface area contributed by atoms with Crippen molar-refractivity contribution < 1.29 is 28.5 Å². The predicted octanol–water partition coefficient (Wildman–Crippen LogP) is 6.05. The Hall–Kier alpha value is -3.28. The number of rotatable bonds is 11. The van der Waals surface area contributed by atoms with Crippen LogP contribution in [0.1, 0.15) is 64.2 Å². The Labute approximate surface area is 214 Å². The van der Waals surface area contributed by atoms with Crippen molar-refractivity contribution in [2.24, 2.45) is 0 Å². The average Bonchev–Trinajstić information content (AvgIpc) is 2.85. The molecule has 0 N–H and O–H groups in total. The highest BCUT2D eigenvalue weighted by molar-refractivity contribution is 5.97. The number of carbonyl (C=O) groups excluding carboxylic acids is 2. The normalized spacial score (nSPS) is 14.4. The van der Waals surface area contributed by atoms with Gasteiger partial charge in [-0.05, 0) is 71.4 Å². The van der Waals surface area contributed by atoms with Crippen molar-refractivity contribution in [2.75, 3.05) is 13.2 Å². The van der Waals surface area contributed by atoms with Crippen LogP contribution < -0.4 is 9.47 Å². The van der Waals surface area contributed by atoms with Crippen LogP contribution in [0, 0.1) is 0 Å². The number of hydrogen-bond donors (Lipinski definition) is 0. The molecule has 2 aromatic rings. The Morgan fingerprint density at radius 1 is 0.833 bits per heavy atom. The fraction of sp³-hybridized carbons (Fsp3) is 0.467. The van der Waals surface area contributed by atoms with Crippen molar-refractivity contribution in [1.29, 1.82) is 0 Å². The van der Waals surface area contributed by atoms with Crippen LogP contribution in [0.15, 0.2) is 42.5 Å². The second-order valence-corrected chi connectivity index (χ2v) is 9.67. The van der Waals surface area contributed by atoms with Gasteiger partial charge in [-0.25, -0.2) is 9.59 Å². The summed E-state index contributed by atoms with van der Waals surface area (Å²) in [4.78, 5) is 23.9. The first-order chi connectivity index (χ1) is 17.1. The van der Waals surface area contributed by atoms with E-state index in [0.717, 1.165) is 65.5 Å². The minimum Gasteiger partial charge on any atom is -0.489 e. The van der Waals surface area contributed by atoms with E-state index in [1.807, 2.05) is 13.8 Å². The van der Waals surface area contributed by atoms with Crippen LogP contribution in [0.4, 0.5) is 0 Å². The molecule has 2 atom stereocenters. The second kappa shape index (κ2) is 12.1. The topological polar surface area (TPSA) is 71.1 Å². The lowest BCUT2D eigenvalue weighted by molar-refractivity contribution is -0.145. The van der Waals surface area contributed by atoms with Crippen molar-refractivity contribution >= 4 is 22.7 Å². The van der Waals surface area contributed by atoms with E-state index in [-0.39, 0.29) is 13.2 Å². The van der Waals surface area contributed by atoms with Crippen molar-refractivity contribution in [3.63, 3.8) is 0 Å². The zero-order valence-corrected chi connectivity index (χ0v) is 22.2. The average molecular weight is 495 g/mol. The molecule has 0 spiro atoms. The molecular weight excluding hydrogens is 456 g/mol. The van der Waals surface area contributed by atoms with Gasteiger partial charge in [-0.2, -0.15) is 0 Å². The van der Waals surface area contributed by atoms with Crippen molar-refractivity contribution in [3.05, 3.63) is 59.2 Å². The van der Waals surface area contributed by atoms with E-state index in [2.05, 4.69) is 38.3 Å². The molecule has 1 aliphatic carbocycles. The largest absolute Gasteiger partial charge is 0.489 e. The molecule has 2 unspecified atom stereocenters. The highest BCUT2D eigenvalue weighted by Gasteiger charge is 2.25. The predicted molar refractivity (Wildman–Crippen MR) is 142 cm³/mol. The van der Waals surface area contributed by atoms with Gasteiger partial charge in [0.25, 0.3) is 0 Å². The van der Waals surface area contributed by atoms with Crippen molar-refractivity contribution in [1.82, 2.24) is 0 Å². The zero-order valence-electron chi connectivity index (χ0n) is 22.2. The Bertz CT molecular complexity index is 1160. The van der Waals surface area contributed by atoms with Gasteiger partial charge >= 0.3 is 11.9 Å². The van der Waals surface area contributed by atoms with Crippen molar-refractivity contribution in [2.45, 2.75) is 78.9 Å². The number of carbonyl (C=O) groups is 2. The molecule has 36 heavy (non-hydrogen) atoms. The number of ether oxygens (including phenoxy) is 4. The molecule has 0 amide bonds.